The first-order valence-corrected chi connectivity index (χ1v) is 9.67. The van der Waals surface area contributed by atoms with Crippen molar-refractivity contribution in [3.8, 4) is 0 Å². The molecule has 150 valence electrons. The molecule has 0 radical (unpaired) electrons. The minimum atomic E-state index is -0.464. The Labute approximate surface area is 167 Å². The molecule has 2 aromatic carbocycles. The van der Waals surface area contributed by atoms with Gasteiger partial charge in [-0.25, -0.2) is 9.59 Å². The normalized spacial score (nSPS) is 13.9. The van der Waals surface area contributed by atoms with Gasteiger partial charge in [-0.15, -0.1) is 0 Å². The second-order valence-electron chi connectivity index (χ2n) is 6.22. The third-order valence-electron chi connectivity index (χ3n) is 4.48. The summed E-state index contributed by atoms with van der Waals surface area (Å²) in [5, 5.41) is 2.83. The van der Waals surface area contributed by atoms with Crippen molar-refractivity contribution in [2.45, 2.75) is 20.4 Å². The van der Waals surface area contributed by atoms with Crippen LogP contribution in [0.4, 0.5) is 10.5 Å². The third kappa shape index (κ3) is 5.82. The zero-order chi connectivity index (χ0) is 20.4. The predicted octanol–water partition coefficient (Wildman–Crippen LogP) is 3.85. The van der Waals surface area contributed by atoms with E-state index in [0.29, 0.717) is 24.3 Å². The number of nitrogens with zero attached hydrogens (tertiary/aromatic N) is 2. The summed E-state index contributed by atoms with van der Waals surface area (Å²) < 4.78 is 4.76. The number of rotatable bonds is 4. The number of nitrogens with one attached hydrogen (secondary N) is 1. The highest BCUT2D eigenvalue weighted by Gasteiger charge is 2.22. The van der Waals surface area contributed by atoms with Crippen LogP contribution >= 0.6 is 0 Å². The standard InChI is InChI=1S/C20H23N3O3.C2H6/c1-26-19(24)17-9-5-6-10-18(17)21-20(25)23-13-11-22(12-14-23)15-16-7-3-2-4-8-16;1-2/h2-10H,11-15H2,1H3,(H,21,25);1-2H3. The number of benzene rings is 2. The predicted molar refractivity (Wildman–Crippen MR) is 111 cm³/mol. The van der Waals surface area contributed by atoms with E-state index in [1.165, 1.54) is 12.7 Å². The summed E-state index contributed by atoms with van der Waals surface area (Å²) in [6.07, 6.45) is 0. The van der Waals surface area contributed by atoms with Crippen molar-refractivity contribution in [1.82, 2.24) is 9.80 Å². The summed E-state index contributed by atoms with van der Waals surface area (Å²) in [6, 6.07) is 17.0. The molecule has 1 fully saturated rings. The van der Waals surface area contributed by atoms with Gasteiger partial charge < -0.3 is 15.0 Å². The van der Waals surface area contributed by atoms with Crippen LogP contribution in [-0.4, -0.2) is 55.1 Å². The van der Waals surface area contributed by atoms with Crippen LogP contribution in [0.2, 0.25) is 0 Å². The number of esters is 1. The van der Waals surface area contributed by atoms with Gasteiger partial charge in [0.2, 0.25) is 0 Å². The van der Waals surface area contributed by atoms with Crippen LogP contribution in [0.5, 0.6) is 0 Å². The number of carbonyl (C=O) groups is 2. The lowest BCUT2D eigenvalue weighted by Crippen LogP contribution is -2.49. The zero-order valence-corrected chi connectivity index (χ0v) is 16.9. The highest BCUT2D eigenvalue weighted by Crippen LogP contribution is 2.17. The molecule has 0 atom stereocenters. The van der Waals surface area contributed by atoms with Crippen LogP contribution < -0.4 is 5.32 Å². The Hall–Kier alpha value is -2.86. The summed E-state index contributed by atoms with van der Waals surface area (Å²) in [4.78, 5) is 28.5. The minimum absolute atomic E-state index is 0.194. The summed E-state index contributed by atoms with van der Waals surface area (Å²) in [7, 11) is 1.33. The number of urea groups is 1. The first-order chi connectivity index (χ1) is 13.7. The number of hydrogen-bond donors (Lipinski definition) is 1. The summed E-state index contributed by atoms with van der Waals surface area (Å²) in [6.45, 7) is 7.83. The number of hydrogen-bond acceptors (Lipinski definition) is 4. The maximum atomic E-state index is 12.5. The smallest absolute Gasteiger partial charge is 0.339 e. The van der Waals surface area contributed by atoms with Crippen molar-refractivity contribution >= 4 is 17.7 Å². The molecule has 6 heteroatoms. The fourth-order valence-electron chi connectivity index (χ4n) is 3.03. The molecule has 3 rings (SSSR count). The molecular weight excluding hydrogens is 354 g/mol. The lowest BCUT2D eigenvalue weighted by Gasteiger charge is -2.34. The Bertz CT molecular complexity index is 757. The van der Waals surface area contributed by atoms with E-state index in [-0.39, 0.29) is 6.03 Å². The molecule has 1 N–H and O–H groups in total. The van der Waals surface area contributed by atoms with Gasteiger partial charge in [0.15, 0.2) is 0 Å². The fourth-order valence-corrected chi connectivity index (χ4v) is 3.03. The van der Waals surface area contributed by atoms with Crippen LogP contribution in [0.25, 0.3) is 0 Å². The van der Waals surface area contributed by atoms with E-state index in [1.807, 2.05) is 32.0 Å². The monoisotopic (exact) mass is 383 g/mol. The number of para-hydroxylation sites is 1. The van der Waals surface area contributed by atoms with Gasteiger partial charge in [-0.05, 0) is 17.7 Å². The van der Waals surface area contributed by atoms with Crippen molar-refractivity contribution in [3.05, 3.63) is 65.7 Å². The molecule has 0 saturated carbocycles. The largest absolute Gasteiger partial charge is 0.465 e. The fraction of sp³-hybridized carbons (Fsp3) is 0.364. The van der Waals surface area contributed by atoms with Crippen LogP contribution in [0.3, 0.4) is 0 Å². The lowest BCUT2D eigenvalue weighted by molar-refractivity contribution is 0.0602. The third-order valence-corrected chi connectivity index (χ3v) is 4.48. The van der Waals surface area contributed by atoms with E-state index < -0.39 is 5.97 Å². The van der Waals surface area contributed by atoms with Gasteiger partial charge in [0, 0.05) is 32.7 Å². The van der Waals surface area contributed by atoms with Crippen molar-refractivity contribution in [1.29, 1.82) is 0 Å². The molecule has 0 bridgehead atoms. The van der Waals surface area contributed by atoms with E-state index in [4.69, 9.17) is 4.74 Å². The van der Waals surface area contributed by atoms with Crippen LogP contribution in [0.15, 0.2) is 54.6 Å². The maximum absolute atomic E-state index is 12.5. The minimum Gasteiger partial charge on any atom is -0.465 e. The Kier molecular flexibility index (Phi) is 8.49. The van der Waals surface area contributed by atoms with Gasteiger partial charge in [-0.1, -0.05) is 56.3 Å². The van der Waals surface area contributed by atoms with E-state index in [2.05, 4.69) is 22.3 Å². The van der Waals surface area contributed by atoms with Crippen LogP contribution in [-0.2, 0) is 11.3 Å². The van der Waals surface area contributed by atoms with E-state index in [1.54, 1.807) is 29.2 Å². The van der Waals surface area contributed by atoms with E-state index in [9.17, 15) is 9.59 Å². The van der Waals surface area contributed by atoms with Gasteiger partial charge >= 0.3 is 12.0 Å². The van der Waals surface area contributed by atoms with Crippen molar-refractivity contribution in [3.63, 3.8) is 0 Å². The molecule has 1 saturated heterocycles. The number of ether oxygens (including phenoxy) is 1. The maximum Gasteiger partial charge on any atom is 0.339 e. The quantitative estimate of drug-likeness (QED) is 0.815. The van der Waals surface area contributed by atoms with Gasteiger partial charge in [0.05, 0.1) is 18.4 Å². The molecule has 1 aliphatic heterocycles. The second-order valence-corrected chi connectivity index (χ2v) is 6.22. The highest BCUT2D eigenvalue weighted by atomic mass is 16.5. The van der Waals surface area contributed by atoms with E-state index in [0.717, 1.165) is 19.6 Å². The van der Waals surface area contributed by atoms with Gasteiger partial charge in [-0.3, -0.25) is 4.90 Å². The molecule has 28 heavy (non-hydrogen) atoms. The van der Waals surface area contributed by atoms with Crippen LogP contribution in [0.1, 0.15) is 29.8 Å². The molecule has 0 aromatic heterocycles. The first kappa shape index (κ1) is 21.4. The van der Waals surface area contributed by atoms with Crippen LogP contribution in [0, 0.1) is 0 Å². The zero-order valence-electron chi connectivity index (χ0n) is 16.9. The molecule has 1 heterocycles. The molecule has 6 nitrogen and oxygen atoms in total. The first-order valence-electron chi connectivity index (χ1n) is 9.67. The molecule has 0 unspecified atom stereocenters. The topological polar surface area (TPSA) is 61.9 Å². The summed E-state index contributed by atoms with van der Waals surface area (Å²) in [5.41, 5.74) is 2.10. The molecule has 0 spiro atoms. The highest BCUT2D eigenvalue weighted by molar-refractivity contribution is 6.00. The van der Waals surface area contributed by atoms with E-state index >= 15 is 0 Å². The number of anilines is 1. The lowest BCUT2D eigenvalue weighted by atomic mass is 10.2. The SMILES string of the molecule is CC.COC(=O)c1ccccc1NC(=O)N1CCN(Cc2ccccc2)CC1. The summed E-state index contributed by atoms with van der Waals surface area (Å²) in [5.74, 6) is -0.464. The summed E-state index contributed by atoms with van der Waals surface area (Å²) >= 11 is 0. The van der Waals surface area contributed by atoms with Crippen molar-refractivity contribution < 1.29 is 14.3 Å². The molecule has 2 aromatic rings. The van der Waals surface area contributed by atoms with Crippen molar-refractivity contribution in [2.75, 3.05) is 38.6 Å². The molecular formula is C22H29N3O3. The number of piperazine rings is 1. The average Bonchev–Trinajstić information content (AvgIpc) is 2.76. The Morgan fingerprint density at radius 2 is 1.54 bits per heavy atom. The second kappa shape index (κ2) is 11.1. The van der Waals surface area contributed by atoms with Crippen molar-refractivity contribution in [2.24, 2.45) is 0 Å². The molecule has 2 amide bonds. The Balaban J connectivity index is 0.00000136. The Morgan fingerprint density at radius 1 is 0.929 bits per heavy atom. The van der Waals surface area contributed by atoms with Gasteiger partial charge in [0.25, 0.3) is 0 Å². The number of amides is 2. The van der Waals surface area contributed by atoms with Gasteiger partial charge in [0.1, 0.15) is 0 Å². The van der Waals surface area contributed by atoms with Gasteiger partial charge in [-0.2, -0.15) is 0 Å². The molecule has 1 aliphatic rings. The number of methoxy groups -OCH3 is 1. The number of carbonyl (C=O) groups excluding carboxylic acids is 2. The average molecular weight is 383 g/mol. The Morgan fingerprint density at radius 3 is 2.18 bits per heavy atom. The molecule has 0 aliphatic carbocycles.